The number of rotatable bonds is 7. The molecule has 2 rings (SSSR count). The molecule has 1 unspecified atom stereocenters. The molecule has 4 nitrogen and oxygen atoms in total. The van der Waals surface area contributed by atoms with Gasteiger partial charge in [0, 0.05) is 25.1 Å². The Morgan fingerprint density at radius 2 is 2.05 bits per heavy atom. The van der Waals surface area contributed by atoms with Crippen molar-refractivity contribution in [2.75, 3.05) is 26.8 Å². The lowest BCUT2D eigenvalue weighted by molar-refractivity contribution is 0.179. The molecule has 0 spiro atoms. The van der Waals surface area contributed by atoms with E-state index in [-0.39, 0.29) is 11.5 Å². The first-order valence-corrected chi connectivity index (χ1v) is 8.29. The van der Waals surface area contributed by atoms with E-state index in [4.69, 9.17) is 9.73 Å². The van der Waals surface area contributed by atoms with Gasteiger partial charge < -0.3 is 15.4 Å². The van der Waals surface area contributed by atoms with Gasteiger partial charge in [0.05, 0.1) is 13.2 Å². The molecule has 0 heterocycles. The summed E-state index contributed by atoms with van der Waals surface area (Å²) in [5.41, 5.74) is 1.65. The Labute approximate surface area is 134 Å². The molecule has 4 heteroatoms. The molecule has 0 radical (unpaired) electrons. The van der Waals surface area contributed by atoms with Gasteiger partial charge in [0.2, 0.25) is 0 Å². The highest BCUT2D eigenvalue weighted by molar-refractivity contribution is 5.80. The zero-order valence-corrected chi connectivity index (χ0v) is 14.1. The van der Waals surface area contributed by atoms with Gasteiger partial charge in [-0.3, -0.25) is 4.99 Å². The van der Waals surface area contributed by atoms with Crippen LogP contribution >= 0.6 is 0 Å². The Kier molecular flexibility index (Phi) is 6.25. The van der Waals surface area contributed by atoms with E-state index in [0.717, 1.165) is 19.0 Å². The number of nitrogens with one attached hydrogen (secondary N) is 2. The number of hydrogen-bond acceptors (Lipinski definition) is 2. The minimum Gasteiger partial charge on any atom is -0.383 e. The number of aliphatic imine (C=N–C) groups is 1. The van der Waals surface area contributed by atoms with E-state index in [2.05, 4.69) is 54.8 Å². The molecule has 122 valence electrons. The van der Waals surface area contributed by atoms with Crippen LogP contribution in [0.4, 0.5) is 0 Å². The molecule has 0 aromatic heterocycles. The molecule has 1 aromatic carbocycles. The van der Waals surface area contributed by atoms with Crippen molar-refractivity contribution in [1.29, 1.82) is 0 Å². The van der Waals surface area contributed by atoms with Crippen LogP contribution in [-0.2, 0) is 10.2 Å². The van der Waals surface area contributed by atoms with Crippen molar-refractivity contribution in [1.82, 2.24) is 10.6 Å². The van der Waals surface area contributed by atoms with Gasteiger partial charge in [-0.25, -0.2) is 0 Å². The maximum absolute atomic E-state index is 5.18. The van der Waals surface area contributed by atoms with Crippen LogP contribution in [0.3, 0.4) is 0 Å². The van der Waals surface area contributed by atoms with E-state index in [1.165, 1.54) is 24.8 Å². The number of methoxy groups -OCH3 is 1. The summed E-state index contributed by atoms with van der Waals surface area (Å²) in [6, 6.07) is 11.1. The van der Waals surface area contributed by atoms with Crippen LogP contribution in [0.25, 0.3) is 0 Å². The normalized spacial score (nSPS) is 18.4. The van der Waals surface area contributed by atoms with Crippen molar-refractivity contribution in [3.63, 3.8) is 0 Å². The first-order chi connectivity index (χ1) is 10.7. The Morgan fingerprint density at radius 3 is 2.59 bits per heavy atom. The molecule has 0 aliphatic heterocycles. The van der Waals surface area contributed by atoms with E-state index in [0.29, 0.717) is 6.61 Å². The molecular weight excluding hydrogens is 274 g/mol. The predicted molar refractivity (Wildman–Crippen MR) is 92.4 cm³/mol. The van der Waals surface area contributed by atoms with Crippen molar-refractivity contribution < 1.29 is 4.74 Å². The summed E-state index contributed by atoms with van der Waals surface area (Å²) < 4.78 is 5.18. The quantitative estimate of drug-likeness (QED) is 0.601. The summed E-state index contributed by atoms with van der Waals surface area (Å²) in [5, 5.41) is 6.73. The van der Waals surface area contributed by atoms with E-state index in [1.807, 2.05) is 0 Å². The van der Waals surface area contributed by atoms with Gasteiger partial charge >= 0.3 is 0 Å². The van der Waals surface area contributed by atoms with Gasteiger partial charge in [0.1, 0.15) is 0 Å². The van der Waals surface area contributed by atoms with Crippen molar-refractivity contribution in [3.8, 4) is 0 Å². The van der Waals surface area contributed by atoms with Gasteiger partial charge in [0.25, 0.3) is 0 Å². The van der Waals surface area contributed by atoms with Gasteiger partial charge in [-0.05, 0) is 32.3 Å². The highest BCUT2D eigenvalue weighted by atomic mass is 16.5. The lowest BCUT2D eigenvalue weighted by Gasteiger charge is -2.41. The third kappa shape index (κ3) is 4.23. The molecule has 0 saturated heterocycles. The topological polar surface area (TPSA) is 45.7 Å². The Hall–Kier alpha value is -1.55. The zero-order valence-electron chi connectivity index (χ0n) is 14.1. The lowest BCUT2D eigenvalue weighted by Crippen LogP contribution is -2.45. The van der Waals surface area contributed by atoms with Gasteiger partial charge in [-0.1, -0.05) is 36.8 Å². The third-order valence-electron chi connectivity index (χ3n) is 4.38. The van der Waals surface area contributed by atoms with Gasteiger partial charge in [0.15, 0.2) is 5.96 Å². The average molecular weight is 303 g/mol. The van der Waals surface area contributed by atoms with Crippen molar-refractivity contribution in [2.45, 2.75) is 44.6 Å². The molecule has 1 aliphatic carbocycles. The number of hydrogen-bond donors (Lipinski definition) is 2. The molecule has 1 fully saturated rings. The second-order valence-electron chi connectivity index (χ2n) is 6.20. The molecule has 2 N–H and O–H groups in total. The number of benzene rings is 1. The minimum atomic E-state index is 0.230. The van der Waals surface area contributed by atoms with E-state index < -0.39 is 0 Å². The van der Waals surface area contributed by atoms with E-state index >= 15 is 0 Å². The van der Waals surface area contributed by atoms with Crippen LogP contribution in [0.1, 0.15) is 38.7 Å². The van der Waals surface area contributed by atoms with Crippen LogP contribution in [0.2, 0.25) is 0 Å². The molecule has 22 heavy (non-hydrogen) atoms. The summed E-state index contributed by atoms with van der Waals surface area (Å²) in [6.07, 6.45) is 3.76. The molecular formula is C18H29N3O. The van der Waals surface area contributed by atoms with Crippen LogP contribution in [0.5, 0.6) is 0 Å². The third-order valence-corrected chi connectivity index (χ3v) is 4.38. The summed E-state index contributed by atoms with van der Waals surface area (Å²) in [4.78, 5) is 4.85. The first-order valence-electron chi connectivity index (χ1n) is 8.29. The SMILES string of the molecule is CCNC(=NCC1(c2ccccc2)CCC1)NC(C)COC. The molecule has 0 bridgehead atoms. The molecule has 1 aromatic rings. The summed E-state index contributed by atoms with van der Waals surface area (Å²) >= 11 is 0. The predicted octanol–water partition coefficient (Wildman–Crippen LogP) is 2.70. The van der Waals surface area contributed by atoms with E-state index in [9.17, 15) is 0 Å². The summed E-state index contributed by atoms with van der Waals surface area (Å²) in [6.45, 7) is 6.57. The minimum absolute atomic E-state index is 0.230. The maximum Gasteiger partial charge on any atom is 0.191 e. The number of guanidine groups is 1. The number of nitrogens with zero attached hydrogens (tertiary/aromatic N) is 1. The molecule has 1 atom stereocenters. The van der Waals surface area contributed by atoms with Crippen LogP contribution < -0.4 is 10.6 Å². The van der Waals surface area contributed by atoms with Gasteiger partial charge in [-0.15, -0.1) is 0 Å². The molecule has 1 aliphatic rings. The largest absolute Gasteiger partial charge is 0.383 e. The fourth-order valence-corrected chi connectivity index (χ4v) is 3.01. The molecule has 1 saturated carbocycles. The van der Waals surface area contributed by atoms with Crippen molar-refractivity contribution in [2.24, 2.45) is 4.99 Å². The summed E-state index contributed by atoms with van der Waals surface area (Å²) in [7, 11) is 1.72. The van der Waals surface area contributed by atoms with Crippen LogP contribution in [0, 0.1) is 0 Å². The van der Waals surface area contributed by atoms with Crippen molar-refractivity contribution >= 4 is 5.96 Å². The average Bonchev–Trinajstić information content (AvgIpc) is 2.47. The smallest absolute Gasteiger partial charge is 0.191 e. The second-order valence-corrected chi connectivity index (χ2v) is 6.20. The highest BCUT2D eigenvalue weighted by Crippen LogP contribution is 2.43. The fourth-order valence-electron chi connectivity index (χ4n) is 3.01. The van der Waals surface area contributed by atoms with E-state index in [1.54, 1.807) is 7.11 Å². The van der Waals surface area contributed by atoms with Crippen LogP contribution in [0.15, 0.2) is 35.3 Å². The van der Waals surface area contributed by atoms with Crippen molar-refractivity contribution in [3.05, 3.63) is 35.9 Å². The fraction of sp³-hybridized carbons (Fsp3) is 0.611. The van der Waals surface area contributed by atoms with Crippen LogP contribution in [-0.4, -0.2) is 38.8 Å². The monoisotopic (exact) mass is 303 g/mol. The Morgan fingerprint density at radius 1 is 1.32 bits per heavy atom. The zero-order chi connectivity index (χ0) is 15.8. The second kappa shape index (κ2) is 8.18. The first kappa shape index (κ1) is 16.8. The standard InChI is InChI=1S/C18H29N3O/c1-4-19-17(21-15(2)13-22-3)20-14-18(11-8-12-18)16-9-6-5-7-10-16/h5-7,9-10,15H,4,8,11-14H2,1-3H3,(H2,19,20,21). The molecule has 0 amide bonds. The Balaban J connectivity index is 2.05. The maximum atomic E-state index is 5.18. The highest BCUT2D eigenvalue weighted by Gasteiger charge is 2.38. The Bertz CT molecular complexity index is 468. The van der Waals surface area contributed by atoms with Gasteiger partial charge in [-0.2, -0.15) is 0 Å². The summed E-state index contributed by atoms with van der Waals surface area (Å²) in [5.74, 6) is 0.884. The lowest BCUT2D eigenvalue weighted by atomic mass is 9.64. The number of ether oxygens (including phenoxy) is 1.